The average Bonchev–Trinajstić information content (AvgIpc) is 3.41. The normalized spacial score (nSPS) is 19.8. The molecule has 0 unspecified atom stereocenters. The van der Waals surface area contributed by atoms with Crippen molar-refractivity contribution < 1.29 is 31.9 Å². The number of β-amino-alcohol motifs (C(OH)–C–C–N with tert-alkyl or cyclic N) is 1. The number of likely N-dealkylation sites (N-methyl/N-ethyl adjacent to an activating group) is 1. The van der Waals surface area contributed by atoms with Gasteiger partial charge in [0.25, 0.3) is 15.9 Å². The summed E-state index contributed by atoms with van der Waals surface area (Å²) in [5.41, 5.74) is 2.25. The largest absolute Gasteiger partial charge is 0.392 e. The molecule has 0 aliphatic carbocycles. The summed E-state index contributed by atoms with van der Waals surface area (Å²) >= 11 is 0. The molecule has 2 aromatic carbocycles. The number of aliphatic hydroxyl groups is 1. The Hall–Kier alpha value is -3.94. The number of rotatable bonds is 7. The number of aliphatic hydroxyl groups excluding tert-OH is 1. The molecule has 1 aromatic heterocycles. The lowest BCUT2D eigenvalue weighted by Gasteiger charge is -2.32. The first kappa shape index (κ1) is 30.5. The van der Waals surface area contributed by atoms with Crippen molar-refractivity contribution in [1.29, 1.82) is 0 Å². The topological polar surface area (TPSA) is 132 Å². The number of likely N-dealkylation sites (tertiary alicyclic amines) is 1. The van der Waals surface area contributed by atoms with E-state index in [-0.39, 0.29) is 41.9 Å². The molecule has 0 radical (unpaired) electrons. The van der Waals surface area contributed by atoms with Crippen molar-refractivity contribution in [3.05, 3.63) is 83.1 Å². The molecule has 2 saturated heterocycles. The first-order chi connectivity index (χ1) is 20.5. The quantitative estimate of drug-likeness (QED) is 0.373. The summed E-state index contributed by atoms with van der Waals surface area (Å²) in [5.74, 6) is -1.52. The Labute approximate surface area is 248 Å². The number of nitrogens with zero attached hydrogens (tertiary/aromatic N) is 3. The molecule has 3 heterocycles. The van der Waals surface area contributed by atoms with Crippen molar-refractivity contribution >= 4 is 33.2 Å². The molecule has 2 aliphatic rings. The third-order valence-corrected chi connectivity index (χ3v) is 9.82. The van der Waals surface area contributed by atoms with Crippen molar-refractivity contribution in [1.82, 2.24) is 19.5 Å². The van der Waals surface area contributed by atoms with Crippen LogP contribution in [-0.2, 0) is 14.8 Å². The Morgan fingerprint density at radius 1 is 1.00 bits per heavy atom. The number of halogens is 2. The van der Waals surface area contributed by atoms with Crippen LogP contribution in [0.4, 0.5) is 20.2 Å². The van der Waals surface area contributed by atoms with Gasteiger partial charge in [0.05, 0.1) is 17.4 Å². The predicted molar refractivity (Wildman–Crippen MR) is 155 cm³/mol. The van der Waals surface area contributed by atoms with E-state index < -0.39 is 38.9 Å². The van der Waals surface area contributed by atoms with Crippen LogP contribution >= 0.6 is 0 Å². The number of hydrogen-bond acceptors (Lipinski definition) is 7. The molecule has 0 bridgehead atoms. The van der Waals surface area contributed by atoms with Crippen molar-refractivity contribution in [3.63, 3.8) is 0 Å². The third kappa shape index (κ3) is 6.38. The molecule has 10 nitrogen and oxygen atoms in total. The maximum absolute atomic E-state index is 13.8. The smallest absolute Gasteiger partial charge is 0.261 e. The number of amides is 2. The molecule has 2 amide bonds. The zero-order valence-electron chi connectivity index (χ0n) is 23.8. The Morgan fingerprint density at radius 2 is 1.67 bits per heavy atom. The maximum atomic E-state index is 13.8. The number of sulfonamides is 1. The summed E-state index contributed by atoms with van der Waals surface area (Å²) in [4.78, 5) is 32.0. The first-order valence-corrected chi connectivity index (χ1v) is 15.4. The zero-order valence-corrected chi connectivity index (χ0v) is 24.6. The molecule has 2 atom stereocenters. The summed E-state index contributed by atoms with van der Waals surface area (Å²) in [7, 11) is -2.99. The highest BCUT2D eigenvalue weighted by molar-refractivity contribution is 7.89. The molecule has 0 saturated carbocycles. The van der Waals surface area contributed by atoms with Crippen LogP contribution in [0.3, 0.4) is 0 Å². The Balaban J connectivity index is 1.46. The number of benzene rings is 2. The average molecular weight is 614 g/mol. The van der Waals surface area contributed by atoms with E-state index in [9.17, 15) is 31.9 Å². The van der Waals surface area contributed by atoms with Crippen LogP contribution < -0.4 is 10.6 Å². The monoisotopic (exact) mass is 613 g/mol. The zero-order chi connectivity index (χ0) is 30.9. The highest BCUT2D eigenvalue weighted by Gasteiger charge is 2.44. The van der Waals surface area contributed by atoms with Gasteiger partial charge < -0.3 is 20.6 Å². The lowest BCUT2D eigenvalue weighted by atomic mass is 9.89. The van der Waals surface area contributed by atoms with Gasteiger partial charge in [0.1, 0.15) is 17.7 Å². The highest BCUT2D eigenvalue weighted by atomic mass is 32.2. The standard InChI is InChI=1S/C30H33F2N5O5S/c1-18-13-22(32)7-8-25(18)35-26-15-28(43(41,42)37-17-23(38)14-27(37)29(39)33-2)34-16-24(26)30(40)36-11-9-20(10-12-36)19-3-5-21(31)6-4-19/h3-8,13,15-16,20,23,27,38H,9-12,14,17H2,1-2H3,(H,33,39)(H,34,35)/t23-,27+/m1/s1. The SMILES string of the molecule is CNC(=O)[C@@H]1C[C@@H](O)CN1S(=O)(=O)c1cc(Nc2ccc(F)cc2C)c(C(=O)N2CCC(c3ccc(F)cc3)CC2)cn1. The number of nitrogens with one attached hydrogen (secondary N) is 2. The second kappa shape index (κ2) is 12.3. The number of piperidine rings is 1. The number of aryl methyl sites for hydroxylation is 1. The minimum absolute atomic E-state index is 0.0662. The Kier molecular flexibility index (Phi) is 8.76. The van der Waals surface area contributed by atoms with Gasteiger partial charge >= 0.3 is 0 Å². The lowest BCUT2D eigenvalue weighted by molar-refractivity contribution is -0.123. The molecule has 13 heteroatoms. The molecule has 2 aliphatic heterocycles. The molecule has 228 valence electrons. The van der Waals surface area contributed by atoms with Gasteiger partial charge in [-0.3, -0.25) is 9.59 Å². The fourth-order valence-corrected chi connectivity index (χ4v) is 7.24. The van der Waals surface area contributed by atoms with Crippen LogP contribution in [0.2, 0.25) is 0 Å². The number of pyridine rings is 1. The Bertz CT molecular complexity index is 1630. The number of aromatic nitrogens is 1. The van der Waals surface area contributed by atoms with Crippen LogP contribution in [-0.4, -0.2) is 78.4 Å². The van der Waals surface area contributed by atoms with E-state index in [0.29, 0.717) is 37.2 Å². The van der Waals surface area contributed by atoms with Crippen molar-refractivity contribution in [3.8, 4) is 0 Å². The number of anilines is 2. The minimum Gasteiger partial charge on any atom is -0.392 e. The van der Waals surface area contributed by atoms with E-state index in [2.05, 4.69) is 15.6 Å². The molecule has 5 rings (SSSR count). The predicted octanol–water partition coefficient (Wildman–Crippen LogP) is 3.30. The van der Waals surface area contributed by atoms with Crippen molar-refractivity contribution in [2.45, 2.75) is 49.3 Å². The Morgan fingerprint density at radius 3 is 2.33 bits per heavy atom. The number of carbonyl (C=O) groups excluding carboxylic acids is 2. The highest BCUT2D eigenvalue weighted by Crippen LogP contribution is 2.33. The molecule has 3 aromatic rings. The summed E-state index contributed by atoms with van der Waals surface area (Å²) in [6, 6.07) is 10.5. The molecular weight excluding hydrogens is 580 g/mol. The first-order valence-electron chi connectivity index (χ1n) is 14.0. The van der Waals surface area contributed by atoms with E-state index in [1.165, 1.54) is 49.6 Å². The van der Waals surface area contributed by atoms with Crippen LogP contribution in [0.1, 0.15) is 46.7 Å². The fourth-order valence-electron chi connectivity index (χ4n) is 5.66. The second-order valence-electron chi connectivity index (χ2n) is 10.9. The van der Waals surface area contributed by atoms with Gasteiger partial charge in [0, 0.05) is 51.1 Å². The summed E-state index contributed by atoms with van der Waals surface area (Å²) < 4.78 is 55.5. The van der Waals surface area contributed by atoms with Gasteiger partial charge in [0.15, 0.2) is 5.03 Å². The molecular formula is C30H33F2N5O5S. The third-order valence-electron chi connectivity index (χ3n) is 8.05. The van der Waals surface area contributed by atoms with Crippen molar-refractivity contribution in [2.75, 3.05) is 32.0 Å². The van der Waals surface area contributed by atoms with Gasteiger partial charge in [-0.25, -0.2) is 22.2 Å². The van der Waals surface area contributed by atoms with Crippen LogP contribution in [0.5, 0.6) is 0 Å². The van der Waals surface area contributed by atoms with Crippen LogP contribution in [0.15, 0.2) is 59.8 Å². The van der Waals surface area contributed by atoms with Crippen molar-refractivity contribution in [2.24, 2.45) is 0 Å². The lowest BCUT2D eigenvalue weighted by Crippen LogP contribution is -2.45. The van der Waals surface area contributed by atoms with Gasteiger partial charge in [-0.2, -0.15) is 4.31 Å². The van der Waals surface area contributed by atoms with Gasteiger partial charge in [-0.05, 0) is 67.1 Å². The maximum Gasteiger partial charge on any atom is 0.261 e. The molecule has 0 spiro atoms. The molecule has 2 fully saturated rings. The second-order valence-corrected chi connectivity index (χ2v) is 12.7. The summed E-state index contributed by atoms with van der Waals surface area (Å²) in [6.45, 7) is 2.24. The fraction of sp³-hybridized carbons (Fsp3) is 0.367. The summed E-state index contributed by atoms with van der Waals surface area (Å²) in [6.07, 6.45) is 1.41. The van der Waals surface area contributed by atoms with Gasteiger partial charge in [-0.15, -0.1) is 0 Å². The molecule has 43 heavy (non-hydrogen) atoms. The number of carbonyl (C=O) groups is 2. The summed E-state index contributed by atoms with van der Waals surface area (Å²) in [5, 5.41) is 15.3. The van der Waals surface area contributed by atoms with Gasteiger partial charge in [0.2, 0.25) is 5.91 Å². The van der Waals surface area contributed by atoms with E-state index in [0.717, 1.165) is 9.87 Å². The van der Waals surface area contributed by atoms with E-state index in [4.69, 9.17) is 0 Å². The molecule has 3 N–H and O–H groups in total. The van der Waals surface area contributed by atoms with Gasteiger partial charge in [-0.1, -0.05) is 12.1 Å². The number of hydrogen-bond donors (Lipinski definition) is 3. The van der Waals surface area contributed by atoms with Crippen LogP contribution in [0.25, 0.3) is 0 Å². The van der Waals surface area contributed by atoms with E-state index >= 15 is 0 Å². The minimum atomic E-state index is -4.37. The van der Waals surface area contributed by atoms with Crippen LogP contribution in [0, 0.1) is 18.6 Å². The van der Waals surface area contributed by atoms with E-state index in [1.807, 2.05) is 0 Å². The van der Waals surface area contributed by atoms with E-state index in [1.54, 1.807) is 24.0 Å².